The van der Waals surface area contributed by atoms with Crippen molar-refractivity contribution in [3.05, 3.63) is 72.3 Å². The lowest BCUT2D eigenvalue weighted by Gasteiger charge is -2.05. The monoisotopic (exact) mass is 584 g/mol. The molecule has 2 N–H and O–H groups in total. The van der Waals surface area contributed by atoms with Crippen LogP contribution in [-0.4, -0.2) is 32.9 Å². The first-order chi connectivity index (χ1) is 20.3. The molecule has 0 saturated carbocycles. The number of carbonyl (C=O) groups is 1. The van der Waals surface area contributed by atoms with E-state index in [0.29, 0.717) is 0 Å². The minimum absolute atomic E-state index is 0.0798. The second-order valence-electron chi connectivity index (χ2n) is 10.8. The number of hydrogen-bond donors (Lipinski definition) is 2. The number of rotatable bonds is 11. The van der Waals surface area contributed by atoms with Crippen LogP contribution in [0.4, 0.5) is 0 Å². The molecule has 0 spiro atoms. The van der Waals surface area contributed by atoms with Gasteiger partial charge in [-0.15, -0.1) is 11.8 Å². The molecule has 42 heavy (non-hydrogen) atoms. The van der Waals surface area contributed by atoms with Gasteiger partial charge in [-0.25, -0.2) is 9.98 Å². The summed E-state index contributed by atoms with van der Waals surface area (Å²) in [6, 6.07) is 0. The zero-order valence-corrected chi connectivity index (χ0v) is 27.9. The molecule has 0 unspecified atom stereocenters. The van der Waals surface area contributed by atoms with E-state index in [9.17, 15) is 4.79 Å². The first-order valence-corrected chi connectivity index (χ1v) is 17.2. The number of H-pyrrole nitrogens is 2. The average molecular weight is 585 g/mol. The molecule has 2 aromatic rings. The Morgan fingerprint density at radius 3 is 1.60 bits per heavy atom. The SMILES string of the molecule is CCC1=C(CC)C(/C=c2\[nH]/c(=C\c3[nH]c(/C=C4\N=C(SC)C(CC)=C4CC)c(CC)c3CC)c(CC)c2CC)=NC1=O. The standard InChI is InChI=1S/C36H48N4OS/c1-10-21-23(12-3)31(19-33-25(14-5)27(16-7)35(41)39-33)37-29(21)18-30-22(11-2)24(13-4)32(38-30)20-34-26(15-6)28(17-8)36(40-34)42-9/h18-20,37-38H,10-17H2,1-9H3/b29-18-,31-19-,34-20-. The van der Waals surface area contributed by atoms with Crippen LogP contribution in [0.5, 0.6) is 0 Å². The number of hydrogen-bond acceptors (Lipinski definition) is 3. The third kappa shape index (κ3) is 5.75. The Balaban J connectivity index is 1.90. The van der Waals surface area contributed by atoms with Gasteiger partial charge in [0.2, 0.25) is 0 Å². The van der Waals surface area contributed by atoms with E-state index < -0.39 is 0 Å². The summed E-state index contributed by atoms with van der Waals surface area (Å²) in [5, 5.41) is 3.35. The molecule has 2 aliphatic heterocycles. The van der Waals surface area contributed by atoms with Gasteiger partial charge in [-0.1, -0.05) is 55.4 Å². The third-order valence-electron chi connectivity index (χ3n) is 8.75. The van der Waals surface area contributed by atoms with Gasteiger partial charge in [-0.05, 0) is 115 Å². The number of nitrogens with zero attached hydrogens (tertiary/aromatic N) is 2. The van der Waals surface area contributed by atoms with Crippen molar-refractivity contribution in [3.8, 4) is 0 Å². The fourth-order valence-corrected chi connectivity index (χ4v) is 7.45. The minimum Gasteiger partial charge on any atom is -0.355 e. The molecular formula is C36H48N4OS. The van der Waals surface area contributed by atoms with E-state index in [-0.39, 0.29) is 5.91 Å². The highest BCUT2D eigenvalue weighted by Gasteiger charge is 2.24. The summed E-state index contributed by atoms with van der Waals surface area (Å²) in [6.07, 6.45) is 16.1. The Bertz CT molecular complexity index is 1650. The average Bonchev–Trinajstić information content (AvgIpc) is 3.71. The van der Waals surface area contributed by atoms with Crippen molar-refractivity contribution in [1.82, 2.24) is 9.97 Å². The van der Waals surface area contributed by atoms with Gasteiger partial charge < -0.3 is 9.97 Å². The van der Waals surface area contributed by atoms with Gasteiger partial charge >= 0.3 is 0 Å². The first kappa shape index (κ1) is 31.8. The quantitative estimate of drug-likeness (QED) is 0.286. The molecule has 0 atom stereocenters. The molecule has 224 valence electrons. The molecule has 0 aliphatic carbocycles. The lowest BCUT2D eigenvalue weighted by Crippen LogP contribution is -2.15. The van der Waals surface area contributed by atoms with E-state index in [1.165, 1.54) is 39.1 Å². The van der Waals surface area contributed by atoms with Crippen LogP contribution in [0.25, 0.3) is 18.2 Å². The highest BCUT2D eigenvalue weighted by Crippen LogP contribution is 2.35. The van der Waals surface area contributed by atoms with Crippen LogP contribution in [0.1, 0.15) is 115 Å². The summed E-state index contributed by atoms with van der Waals surface area (Å²) in [5.41, 5.74) is 14.3. The molecule has 0 radical (unpaired) electrons. The number of aromatic amines is 2. The molecule has 0 fully saturated rings. The second kappa shape index (κ2) is 13.9. The molecule has 1 amide bonds. The van der Waals surface area contributed by atoms with Gasteiger partial charge in [0.25, 0.3) is 5.91 Å². The molecular weight excluding hydrogens is 536 g/mol. The second-order valence-corrected chi connectivity index (χ2v) is 11.6. The van der Waals surface area contributed by atoms with E-state index >= 15 is 0 Å². The Hall–Kier alpha value is -3.12. The van der Waals surface area contributed by atoms with Crippen molar-refractivity contribution in [1.29, 1.82) is 0 Å². The number of aliphatic imine (C=N–C) groups is 2. The Morgan fingerprint density at radius 1 is 0.571 bits per heavy atom. The largest absolute Gasteiger partial charge is 0.355 e. The zero-order chi connectivity index (χ0) is 30.6. The van der Waals surface area contributed by atoms with Gasteiger partial charge in [0.1, 0.15) is 0 Å². The van der Waals surface area contributed by atoms with Crippen LogP contribution in [0.2, 0.25) is 0 Å². The fraction of sp³-hybridized carbons (Fsp3) is 0.472. The van der Waals surface area contributed by atoms with Crippen molar-refractivity contribution in [2.45, 2.75) is 107 Å². The van der Waals surface area contributed by atoms with E-state index in [1.54, 1.807) is 11.8 Å². The summed E-state index contributed by atoms with van der Waals surface area (Å²) >= 11 is 1.74. The van der Waals surface area contributed by atoms with Gasteiger partial charge in [-0.3, -0.25) is 4.79 Å². The van der Waals surface area contributed by atoms with Crippen LogP contribution < -0.4 is 10.7 Å². The highest BCUT2D eigenvalue weighted by atomic mass is 32.2. The van der Waals surface area contributed by atoms with E-state index in [1.807, 2.05) is 6.92 Å². The normalized spacial score (nSPS) is 17.5. The Morgan fingerprint density at radius 2 is 1.10 bits per heavy atom. The highest BCUT2D eigenvalue weighted by molar-refractivity contribution is 8.13. The summed E-state index contributed by atoms with van der Waals surface area (Å²) < 4.78 is 0. The number of amides is 1. The number of carbonyl (C=O) groups excluding carboxylic acids is 1. The van der Waals surface area contributed by atoms with Crippen LogP contribution in [0, 0.1) is 0 Å². The van der Waals surface area contributed by atoms with E-state index in [4.69, 9.17) is 4.99 Å². The van der Waals surface area contributed by atoms with Crippen molar-refractivity contribution < 1.29 is 4.79 Å². The number of aromatic nitrogens is 2. The lowest BCUT2D eigenvalue weighted by atomic mass is 10.00. The molecule has 5 nitrogen and oxygen atoms in total. The van der Waals surface area contributed by atoms with E-state index in [0.717, 1.165) is 95.4 Å². The van der Waals surface area contributed by atoms with Crippen LogP contribution in [0.3, 0.4) is 0 Å². The number of allylic oxidation sites excluding steroid dienone is 2. The van der Waals surface area contributed by atoms with E-state index in [2.05, 4.69) is 87.9 Å². The summed E-state index contributed by atoms with van der Waals surface area (Å²) in [4.78, 5) is 29.6. The predicted octanol–water partition coefficient (Wildman–Crippen LogP) is 7.53. The maximum Gasteiger partial charge on any atom is 0.273 e. The van der Waals surface area contributed by atoms with Gasteiger partial charge in [-0.2, -0.15) is 0 Å². The molecule has 4 heterocycles. The van der Waals surface area contributed by atoms with Crippen molar-refractivity contribution in [3.63, 3.8) is 0 Å². The Labute approximate surface area is 256 Å². The zero-order valence-electron chi connectivity index (χ0n) is 27.1. The van der Waals surface area contributed by atoms with Crippen molar-refractivity contribution >= 4 is 46.7 Å². The topological polar surface area (TPSA) is 73.4 Å². The molecule has 0 aromatic carbocycles. The fourth-order valence-electron chi connectivity index (χ4n) is 6.75. The maximum absolute atomic E-state index is 12.6. The predicted molar refractivity (Wildman–Crippen MR) is 183 cm³/mol. The van der Waals surface area contributed by atoms with Crippen molar-refractivity contribution in [2.24, 2.45) is 9.98 Å². The molecule has 0 bridgehead atoms. The minimum atomic E-state index is -0.0798. The molecule has 6 heteroatoms. The van der Waals surface area contributed by atoms with Crippen molar-refractivity contribution in [2.75, 3.05) is 6.26 Å². The summed E-state index contributed by atoms with van der Waals surface area (Å²) in [6.45, 7) is 17.5. The number of thioether (sulfide) groups is 1. The maximum atomic E-state index is 12.6. The molecule has 0 saturated heterocycles. The lowest BCUT2D eigenvalue weighted by molar-refractivity contribution is -0.114. The summed E-state index contributed by atoms with van der Waals surface area (Å²) in [7, 11) is 0. The smallest absolute Gasteiger partial charge is 0.273 e. The van der Waals surface area contributed by atoms with Gasteiger partial charge in [0.05, 0.1) is 16.5 Å². The van der Waals surface area contributed by atoms with Crippen LogP contribution in [0.15, 0.2) is 38.0 Å². The number of nitrogens with one attached hydrogen (secondary N) is 2. The molecule has 4 rings (SSSR count). The van der Waals surface area contributed by atoms with Gasteiger partial charge in [0.15, 0.2) is 0 Å². The molecule has 2 aromatic heterocycles. The Kier molecular flexibility index (Phi) is 10.5. The van der Waals surface area contributed by atoms with Crippen LogP contribution >= 0.6 is 11.8 Å². The summed E-state index contributed by atoms with van der Waals surface area (Å²) in [5.74, 6) is -0.0798. The van der Waals surface area contributed by atoms with Crippen LogP contribution in [-0.2, 0) is 30.5 Å². The molecule has 2 aliphatic rings. The van der Waals surface area contributed by atoms with Gasteiger partial charge in [0, 0.05) is 27.7 Å². The first-order valence-electron chi connectivity index (χ1n) is 15.9. The third-order valence-corrected chi connectivity index (χ3v) is 9.47.